The van der Waals surface area contributed by atoms with Gasteiger partial charge in [-0.15, -0.1) is 0 Å². The second-order valence-corrected chi connectivity index (χ2v) is 4.06. The number of para-hydroxylation sites is 1. The van der Waals surface area contributed by atoms with Gasteiger partial charge >= 0.3 is 0 Å². The quantitative estimate of drug-likeness (QED) is 0.774. The fourth-order valence-electron chi connectivity index (χ4n) is 2.30. The minimum absolute atomic E-state index is 0.935. The van der Waals surface area contributed by atoms with Gasteiger partial charge in [-0.05, 0) is 18.1 Å². The minimum atomic E-state index is 0.935. The summed E-state index contributed by atoms with van der Waals surface area (Å²) in [7, 11) is 0. The van der Waals surface area contributed by atoms with Gasteiger partial charge in [0.05, 0.1) is 13.1 Å². The highest BCUT2D eigenvalue weighted by molar-refractivity contribution is 5.88. The maximum absolute atomic E-state index is 4.44. The van der Waals surface area contributed by atoms with Crippen molar-refractivity contribution < 1.29 is 0 Å². The van der Waals surface area contributed by atoms with E-state index in [9.17, 15) is 0 Å². The SMILES string of the molecule is c1ccc2c(c1)CCN2CC1=NCCN1. The van der Waals surface area contributed by atoms with Crippen molar-refractivity contribution in [1.82, 2.24) is 5.32 Å². The van der Waals surface area contributed by atoms with E-state index in [0.717, 1.165) is 32.0 Å². The van der Waals surface area contributed by atoms with Crippen LogP contribution in [0.1, 0.15) is 5.56 Å². The van der Waals surface area contributed by atoms with Crippen LogP contribution >= 0.6 is 0 Å². The minimum Gasteiger partial charge on any atom is -0.370 e. The molecular formula is C12H15N3. The van der Waals surface area contributed by atoms with Gasteiger partial charge in [0.1, 0.15) is 5.84 Å². The van der Waals surface area contributed by atoms with Gasteiger partial charge in [0.25, 0.3) is 0 Å². The van der Waals surface area contributed by atoms with E-state index in [1.165, 1.54) is 17.7 Å². The molecule has 0 atom stereocenters. The second-order valence-electron chi connectivity index (χ2n) is 4.06. The molecule has 1 N–H and O–H groups in total. The van der Waals surface area contributed by atoms with Crippen LogP contribution < -0.4 is 10.2 Å². The van der Waals surface area contributed by atoms with Crippen molar-refractivity contribution in [2.24, 2.45) is 4.99 Å². The Hall–Kier alpha value is -1.51. The van der Waals surface area contributed by atoms with Crippen molar-refractivity contribution in [2.45, 2.75) is 6.42 Å². The molecule has 78 valence electrons. The Morgan fingerprint density at radius 1 is 1.33 bits per heavy atom. The summed E-state index contributed by atoms with van der Waals surface area (Å²) in [6, 6.07) is 8.66. The van der Waals surface area contributed by atoms with Gasteiger partial charge in [-0.2, -0.15) is 0 Å². The van der Waals surface area contributed by atoms with Crippen molar-refractivity contribution in [3.05, 3.63) is 29.8 Å². The summed E-state index contributed by atoms with van der Waals surface area (Å²) in [5.74, 6) is 1.15. The van der Waals surface area contributed by atoms with E-state index >= 15 is 0 Å². The standard InChI is InChI=1S/C12H15N3/c1-2-4-11-10(3-1)5-8-15(11)9-12-13-6-7-14-12/h1-4H,5-9H2,(H,13,14). The van der Waals surface area contributed by atoms with E-state index in [1.807, 2.05) is 0 Å². The average Bonchev–Trinajstić information content (AvgIpc) is 2.89. The van der Waals surface area contributed by atoms with Crippen molar-refractivity contribution in [3.63, 3.8) is 0 Å². The molecule has 1 aromatic carbocycles. The van der Waals surface area contributed by atoms with E-state index < -0.39 is 0 Å². The number of benzene rings is 1. The molecule has 0 aliphatic carbocycles. The molecule has 15 heavy (non-hydrogen) atoms. The smallest absolute Gasteiger partial charge is 0.116 e. The first-order valence-corrected chi connectivity index (χ1v) is 5.53. The van der Waals surface area contributed by atoms with Crippen LogP contribution in [0.2, 0.25) is 0 Å². The molecule has 0 fully saturated rings. The van der Waals surface area contributed by atoms with Crippen LogP contribution in [0.4, 0.5) is 5.69 Å². The molecule has 3 nitrogen and oxygen atoms in total. The van der Waals surface area contributed by atoms with Crippen LogP contribution in [-0.2, 0) is 6.42 Å². The summed E-state index contributed by atoms with van der Waals surface area (Å²) in [6.45, 7) is 4.01. The lowest BCUT2D eigenvalue weighted by Gasteiger charge is -2.19. The maximum atomic E-state index is 4.44. The zero-order valence-corrected chi connectivity index (χ0v) is 8.74. The molecule has 2 heterocycles. The van der Waals surface area contributed by atoms with Gasteiger partial charge in [-0.1, -0.05) is 18.2 Å². The third-order valence-corrected chi connectivity index (χ3v) is 3.07. The Labute approximate surface area is 89.8 Å². The summed E-state index contributed by atoms with van der Waals surface area (Å²) in [5, 5.41) is 3.32. The van der Waals surface area contributed by atoms with Gasteiger partial charge in [0.2, 0.25) is 0 Å². The Bertz CT molecular complexity index is 398. The Kier molecular flexibility index (Phi) is 2.09. The first-order valence-electron chi connectivity index (χ1n) is 5.53. The second kappa shape index (κ2) is 3.57. The van der Waals surface area contributed by atoms with E-state index in [4.69, 9.17) is 0 Å². The highest BCUT2D eigenvalue weighted by Gasteiger charge is 2.20. The lowest BCUT2D eigenvalue weighted by molar-refractivity contribution is 0.897. The van der Waals surface area contributed by atoms with E-state index in [2.05, 4.69) is 39.5 Å². The highest BCUT2D eigenvalue weighted by Crippen LogP contribution is 2.26. The molecule has 1 aromatic rings. The number of nitrogens with one attached hydrogen (secondary N) is 1. The molecule has 2 aliphatic rings. The Morgan fingerprint density at radius 2 is 2.27 bits per heavy atom. The first-order chi connectivity index (χ1) is 7.43. The average molecular weight is 201 g/mol. The first kappa shape index (κ1) is 8.77. The summed E-state index contributed by atoms with van der Waals surface area (Å²) in [5.41, 5.74) is 2.85. The Balaban J connectivity index is 1.79. The molecule has 0 unspecified atom stereocenters. The predicted molar refractivity (Wildman–Crippen MR) is 62.7 cm³/mol. The van der Waals surface area contributed by atoms with Crippen molar-refractivity contribution in [3.8, 4) is 0 Å². The lowest BCUT2D eigenvalue weighted by atomic mass is 10.2. The van der Waals surface area contributed by atoms with Crippen molar-refractivity contribution in [1.29, 1.82) is 0 Å². The lowest BCUT2D eigenvalue weighted by Crippen LogP contribution is -2.34. The third-order valence-electron chi connectivity index (χ3n) is 3.07. The molecule has 0 spiro atoms. The molecular weight excluding hydrogens is 186 g/mol. The Morgan fingerprint density at radius 3 is 3.13 bits per heavy atom. The van der Waals surface area contributed by atoms with Gasteiger partial charge in [0, 0.05) is 18.8 Å². The predicted octanol–water partition coefficient (Wildman–Crippen LogP) is 1.05. The molecule has 3 rings (SSSR count). The zero-order valence-electron chi connectivity index (χ0n) is 8.74. The third kappa shape index (κ3) is 1.58. The number of hydrogen-bond donors (Lipinski definition) is 1. The number of hydrogen-bond acceptors (Lipinski definition) is 3. The van der Waals surface area contributed by atoms with Crippen LogP contribution in [0.5, 0.6) is 0 Å². The number of aliphatic imine (C=N–C) groups is 1. The van der Waals surface area contributed by atoms with E-state index in [0.29, 0.717) is 0 Å². The van der Waals surface area contributed by atoms with Gasteiger partial charge in [-0.25, -0.2) is 0 Å². The van der Waals surface area contributed by atoms with Crippen LogP contribution in [0, 0.1) is 0 Å². The van der Waals surface area contributed by atoms with Gasteiger partial charge in [0.15, 0.2) is 0 Å². The molecule has 2 aliphatic heterocycles. The maximum Gasteiger partial charge on any atom is 0.116 e. The highest BCUT2D eigenvalue weighted by atomic mass is 15.2. The van der Waals surface area contributed by atoms with Crippen LogP contribution in [0.15, 0.2) is 29.3 Å². The van der Waals surface area contributed by atoms with E-state index in [-0.39, 0.29) is 0 Å². The summed E-state index contributed by atoms with van der Waals surface area (Å²) in [4.78, 5) is 6.85. The van der Waals surface area contributed by atoms with Crippen molar-refractivity contribution >= 4 is 11.5 Å². The monoisotopic (exact) mass is 201 g/mol. The number of fused-ring (bicyclic) bond motifs is 1. The molecule has 3 heteroatoms. The van der Waals surface area contributed by atoms with Gasteiger partial charge in [-0.3, -0.25) is 4.99 Å². The topological polar surface area (TPSA) is 27.6 Å². The largest absolute Gasteiger partial charge is 0.370 e. The van der Waals surface area contributed by atoms with Crippen molar-refractivity contribution in [2.75, 3.05) is 31.1 Å². The van der Waals surface area contributed by atoms with Crippen LogP contribution in [-0.4, -0.2) is 32.0 Å². The fraction of sp³-hybridized carbons (Fsp3) is 0.417. The molecule has 0 saturated carbocycles. The number of rotatable bonds is 2. The van der Waals surface area contributed by atoms with Crippen LogP contribution in [0.3, 0.4) is 0 Å². The number of anilines is 1. The summed E-state index contributed by atoms with van der Waals surface area (Å²) in [6.07, 6.45) is 1.17. The molecule has 0 radical (unpaired) electrons. The normalized spacial score (nSPS) is 18.7. The fourth-order valence-corrected chi connectivity index (χ4v) is 2.30. The summed E-state index contributed by atoms with van der Waals surface area (Å²) >= 11 is 0. The molecule has 0 amide bonds. The molecule has 0 aromatic heterocycles. The zero-order chi connectivity index (χ0) is 10.1. The molecule has 0 saturated heterocycles. The summed E-state index contributed by atoms with van der Waals surface area (Å²) < 4.78 is 0. The van der Waals surface area contributed by atoms with E-state index in [1.54, 1.807) is 0 Å². The molecule has 0 bridgehead atoms. The van der Waals surface area contributed by atoms with Gasteiger partial charge < -0.3 is 10.2 Å². The number of nitrogens with zero attached hydrogens (tertiary/aromatic N) is 2. The number of amidine groups is 1. The van der Waals surface area contributed by atoms with Crippen LogP contribution in [0.25, 0.3) is 0 Å².